The number of hydrogen-bond acceptors (Lipinski definition) is 4. The zero-order valence-corrected chi connectivity index (χ0v) is 15.4. The summed E-state index contributed by atoms with van der Waals surface area (Å²) in [5.41, 5.74) is 1.03. The first-order chi connectivity index (χ1) is 13.1. The zero-order chi connectivity index (χ0) is 18.8. The number of fused-ring (bicyclic) bond motifs is 1. The summed E-state index contributed by atoms with van der Waals surface area (Å²) in [4.78, 5) is 26.1. The Morgan fingerprint density at radius 1 is 1.22 bits per heavy atom. The minimum Gasteiger partial charge on any atom is -0.486 e. The Bertz CT molecular complexity index is 886. The van der Waals surface area contributed by atoms with Crippen LogP contribution < -0.4 is 19.7 Å². The molecule has 2 aliphatic heterocycles. The van der Waals surface area contributed by atoms with Crippen molar-refractivity contribution in [1.82, 2.24) is 5.32 Å². The number of para-hydroxylation sites is 2. The van der Waals surface area contributed by atoms with Crippen LogP contribution in [-0.2, 0) is 4.79 Å². The van der Waals surface area contributed by atoms with Crippen LogP contribution in [0.4, 0.5) is 5.69 Å². The Morgan fingerprint density at radius 2 is 2.04 bits per heavy atom. The predicted octanol–water partition coefficient (Wildman–Crippen LogP) is 3.04. The number of halogens is 1. The molecule has 6 nitrogen and oxygen atoms in total. The van der Waals surface area contributed by atoms with Gasteiger partial charge in [0.25, 0.3) is 5.91 Å². The van der Waals surface area contributed by atoms with E-state index >= 15 is 0 Å². The first-order valence-electron chi connectivity index (χ1n) is 8.88. The van der Waals surface area contributed by atoms with Crippen LogP contribution in [0.5, 0.6) is 11.5 Å². The molecule has 2 aromatic carbocycles. The summed E-state index contributed by atoms with van der Waals surface area (Å²) >= 11 is 6.23. The Morgan fingerprint density at radius 3 is 2.81 bits per heavy atom. The number of carbonyl (C=O) groups excluding carboxylic acids is 2. The van der Waals surface area contributed by atoms with Gasteiger partial charge < -0.3 is 19.7 Å². The van der Waals surface area contributed by atoms with Crippen LogP contribution in [-0.4, -0.2) is 37.6 Å². The Balaban J connectivity index is 1.41. The van der Waals surface area contributed by atoms with E-state index in [1.165, 1.54) is 0 Å². The van der Waals surface area contributed by atoms with Crippen molar-refractivity contribution in [3.05, 3.63) is 53.1 Å². The monoisotopic (exact) mass is 386 g/mol. The van der Waals surface area contributed by atoms with Crippen molar-refractivity contribution in [2.75, 3.05) is 24.6 Å². The number of benzene rings is 2. The van der Waals surface area contributed by atoms with Crippen molar-refractivity contribution in [2.24, 2.45) is 0 Å². The second kappa shape index (κ2) is 7.48. The smallest absolute Gasteiger partial charge is 0.251 e. The van der Waals surface area contributed by atoms with Crippen molar-refractivity contribution < 1.29 is 19.1 Å². The van der Waals surface area contributed by atoms with E-state index in [2.05, 4.69) is 5.32 Å². The van der Waals surface area contributed by atoms with Crippen molar-refractivity contribution in [1.29, 1.82) is 0 Å². The lowest BCUT2D eigenvalue weighted by atomic mass is 10.1. The fourth-order valence-corrected chi connectivity index (χ4v) is 3.46. The second-order valence-corrected chi connectivity index (χ2v) is 6.93. The van der Waals surface area contributed by atoms with Gasteiger partial charge in [-0.15, -0.1) is 0 Å². The van der Waals surface area contributed by atoms with Crippen molar-refractivity contribution in [3.8, 4) is 11.5 Å². The molecular formula is C20H19ClN2O4. The summed E-state index contributed by atoms with van der Waals surface area (Å²) in [6, 6.07) is 12.4. The number of rotatable bonds is 4. The highest BCUT2D eigenvalue weighted by Gasteiger charge is 2.25. The van der Waals surface area contributed by atoms with Crippen molar-refractivity contribution >= 4 is 29.1 Å². The maximum atomic E-state index is 12.5. The van der Waals surface area contributed by atoms with Crippen molar-refractivity contribution in [3.63, 3.8) is 0 Å². The minimum absolute atomic E-state index is 0.0286. The molecule has 0 spiro atoms. The molecule has 7 heteroatoms. The molecule has 0 aliphatic carbocycles. The van der Waals surface area contributed by atoms with Gasteiger partial charge in [0.1, 0.15) is 12.7 Å². The fourth-order valence-electron chi connectivity index (χ4n) is 3.24. The zero-order valence-electron chi connectivity index (χ0n) is 14.6. The number of nitrogens with one attached hydrogen (secondary N) is 1. The predicted molar refractivity (Wildman–Crippen MR) is 102 cm³/mol. The van der Waals surface area contributed by atoms with E-state index < -0.39 is 0 Å². The van der Waals surface area contributed by atoms with E-state index in [0.717, 1.165) is 6.42 Å². The van der Waals surface area contributed by atoms with Crippen LogP contribution in [0, 0.1) is 0 Å². The van der Waals surface area contributed by atoms with Crippen molar-refractivity contribution in [2.45, 2.75) is 18.9 Å². The summed E-state index contributed by atoms with van der Waals surface area (Å²) < 4.78 is 11.5. The van der Waals surface area contributed by atoms with Crippen LogP contribution in [0.3, 0.4) is 0 Å². The Labute approximate surface area is 162 Å². The first kappa shape index (κ1) is 17.7. The lowest BCUT2D eigenvalue weighted by molar-refractivity contribution is -0.117. The third-order valence-electron chi connectivity index (χ3n) is 4.63. The molecular weight excluding hydrogens is 368 g/mol. The normalized spacial score (nSPS) is 18.5. The lowest BCUT2D eigenvalue weighted by Crippen LogP contribution is -2.40. The summed E-state index contributed by atoms with van der Waals surface area (Å²) in [6.45, 7) is 1.30. The van der Waals surface area contributed by atoms with Gasteiger partial charge in [-0.3, -0.25) is 9.59 Å². The molecule has 0 aromatic heterocycles. The molecule has 27 heavy (non-hydrogen) atoms. The summed E-state index contributed by atoms with van der Waals surface area (Å²) in [6.07, 6.45) is 1.04. The SMILES string of the molecule is O=C(NCC1COc2ccccc2O1)c1ccc(Cl)c(N2CCCC2=O)c1. The van der Waals surface area contributed by atoms with Gasteiger partial charge in [-0.2, -0.15) is 0 Å². The van der Waals surface area contributed by atoms with E-state index in [-0.39, 0.29) is 17.9 Å². The number of nitrogens with zero attached hydrogens (tertiary/aromatic N) is 1. The summed E-state index contributed by atoms with van der Waals surface area (Å²) in [5, 5.41) is 3.32. The van der Waals surface area contributed by atoms with Crippen LogP contribution in [0.2, 0.25) is 5.02 Å². The second-order valence-electron chi connectivity index (χ2n) is 6.52. The number of ether oxygens (including phenoxy) is 2. The number of amides is 2. The molecule has 1 atom stereocenters. The highest BCUT2D eigenvalue weighted by Crippen LogP contribution is 2.31. The van der Waals surface area contributed by atoms with Gasteiger partial charge in [0, 0.05) is 18.5 Å². The average Bonchev–Trinajstić information content (AvgIpc) is 3.12. The molecule has 0 radical (unpaired) electrons. The molecule has 1 N–H and O–H groups in total. The Kier molecular flexibility index (Phi) is 4.90. The molecule has 140 valence electrons. The van der Waals surface area contributed by atoms with E-state index in [4.69, 9.17) is 21.1 Å². The summed E-state index contributed by atoms with van der Waals surface area (Å²) in [7, 11) is 0. The van der Waals surface area contributed by atoms with Gasteiger partial charge >= 0.3 is 0 Å². The van der Waals surface area contributed by atoms with Gasteiger partial charge in [0.2, 0.25) is 5.91 Å². The lowest BCUT2D eigenvalue weighted by Gasteiger charge is -2.26. The molecule has 2 amide bonds. The fraction of sp³-hybridized carbons (Fsp3) is 0.300. The van der Waals surface area contributed by atoms with Gasteiger partial charge in [-0.1, -0.05) is 23.7 Å². The largest absolute Gasteiger partial charge is 0.486 e. The van der Waals surface area contributed by atoms with E-state index in [9.17, 15) is 9.59 Å². The third kappa shape index (κ3) is 3.71. The molecule has 0 bridgehead atoms. The van der Waals surface area contributed by atoms with Crippen LogP contribution in [0.15, 0.2) is 42.5 Å². The van der Waals surface area contributed by atoms with E-state index in [1.807, 2.05) is 24.3 Å². The van der Waals surface area contributed by atoms with E-state index in [1.54, 1.807) is 23.1 Å². The number of carbonyl (C=O) groups is 2. The quantitative estimate of drug-likeness (QED) is 0.877. The molecule has 1 fully saturated rings. The number of anilines is 1. The highest BCUT2D eigenvalue weighted by atomic mass is 35.5. The molecule has 1 unspecified atom stereocenters. The topological polar surface area (TPSA) is 67.9 Å². The van der Waals surface area contributed by atoms with Gasteiger partial charge in [-0.05, 0) is 36.8 Å². The maximum absolute atomic E-state index is 12.5. The molecule has 1 saturated heterocycles. The molecule has 0 saturated carbocycles. The Hall–Kier alpha value is -2.73. The molecule has 2 aliphatic rings. The van der Waals surface area contributed by atoms with Gasteiger partial charge in [0.15, 0.2) is 11.5 Å². The van der Waals surface area contributed by atoms with Crippen LogP contribution in [0.25, 0.3) is 0 Å². The van der Waals surface area contributed by atoms with Gasteiger partial charge in [-0.25, -0.2) is 0 Å². The minimum atomic E-state index is -0.268. The van der Waals surface area contributed by atoms with E-state index in [0.29, 0.717) is 53.9 Å². The van der Waals surface area contributed by atoms with Crippen LogP contribution >= 0.6 is 11.6 Å². The van der Waals surface area contributed by atoms with Gasteiger partial charge in [0.05, 0.1) is 17.3 Å². The third-order valence-corrected chi connectivity index (χ3v) is 4.95. The first-order valence-corrected chi connectivity index (χ1v) is 9.26. The number of hydrogen-bond donors (Lipinski definition) is 1. The molecule has 4 rings (SSSR count). The molecule has 2 aromatic rings. The summed E-state index contributed by atoms with van der Waals surface area (Å²) in [5.74, 6) is 1.16. The van der Waals surface area contributed by atoms with Crippen LogP contribution in [0.1, 0.15) is 23.2 Å². The highest BCUT2D eigenvalue weighted by molar-refractivity contribution is 6.34. The molecule has 2 heterocycles. The maximum Gasteiger partial charge on any atom is 0.251 e. The standard InChI is InChI=1S/C20H19ClN2O4/c21-15-8-7-13(10-16(15)23-9-3-6-19(23)24)20(25)22-11-14-12-26-17-4-1-2-5-18(17)27-14/h1-2,4-5,7-8,10,14H,3,6,9,11-12H2,(H,22,25). The average molecular weight is 387 g/mol.